The van der Waals surface area contributed by atoms with E-state index in [1.807, 2.05) is 6.20 Å². The summed E-state index contributed by atoms with van der Waals surface area (Å²) in [7, 11) is -2.01. The fourth-order valence-electron chi connectivity index (χ4n) is 3.57. The number of methoxy groups -OCH3 is 1. The van der Waals surface area contributed by atoms with Gasteiger partial charge in [0.1, 0.15) is 5.75 Å². The Morgan fingerprint density at radius 1 is 1.30 bits per heavy atom. The molecule has 1 aromatic heterocycles. The highest BCUT2D eigenvalue weighted by molar-refractivity contribution is 7.89. The Labute approximate surface area is 158 Å². The summed E-state index contributed by atoms with van der Waals surface area (Å²) in [6.45, 7) is 0.588. The molecule has 1 aliphatic carbocycles. The maximum atomic E-state index is 12.6. The van der Waals surface area contributed by atoms with Crippen LogP contribution in [0, 0.1) is 5.92 Å². The molecule has 2 heterocycles. The van der Waals surface area contributed by atoms with E-state index in [4.69, 9.17) is 4.74 Å². The molecule has 0 saturated carbocycles. The molecule has 27 heavy (non-hydrogen) atoms. The first-order valence-electron chi connectivity index (χ1n) is 8.93. The van der Waals surface area contributed by atoms with Crippen molar-refractivity contribution < 1.29 is 17.9 Å². The molecule has 2 N–H and O–H groups in total. The van der Waals surface area contributed by atoms with Crippen LogP contribution in [-0.4, -0.2) is 55.1 Å². The second-order valence-electron chi connectivity index (χ2n) is 7.02. The number of fused-ring (bicyclic) bond motifs is 1. The number of nitrogens with one attached hydrogen (secondary N) is 2. The summed E-state index contributed by atoms with van der Waals surface area (Å²) < 4.78 is 31.7. The molecular weight excluding hydrogens is 368 g/mol. The van der Waals surface area contributed by atoms with Crippen molar-refractivity contribution in [2.45, 2.75) is 30.2 Å². The van der Waals surface area contributed by atoms with E-state index in [2.05, 4.69) is 15.5 Å². The number of aromatic nitrogens is 2. The number of benzene rings is 1. The van der Waals surface area contributed by atoms with Gasteiger partial charge in [0.15, 0.2) is 0 Å². The average molecular weight is 390 g/mol. The van der Waals surface area contributed by atoms with Crippen LogP contribution in [0.2, 0.25) is 0 Å². The topological polar surface area (TPSA) is 104 Å². The third-order valence-corrected chi connectivity index (χ3v) is 7.13. The quantitative estimate of drug-likeness (QED) is 0.783. The van der Waals surface area contributed by atoms with Crippen molar-refractivity contribution in [3.05, 3.63) is 41.7 Å². The molecule has 1 amide bonds. The zero-order chi connectivity index (χ0) is 19.0. The van der Waals surface area contributed by atoms with Gasteiger partial charge in [0.05, 0.1) is 24.2 Å². The molecule has 8 nitrogen and oxygen atoms in total. The number of H-pyrrole nitrogens is 1. The van der Waals surface area contributed by atoms with Crippen molar-refractivity contribution in [3.63, 3.8) is 0 Å². The predicted octanol–water partition coefficient (Wildman–Crippen LogP) is 0.712. The monoisotopic (exact) mass is 390 g/mol. The Morgan fingerprint density at radius 2 is 2.04 bits per heavy atom. The first kappa shape index (κ1) is 18.0. The van der Waals surface area contributed by atoms with Gasteiger partial charge in [-0.25, -0.2) is 8.42 Å². The van der Waals surface area contributed by atoms with Crippen LogP contribution in [-0.2, 0) is 27.7 Å². The van der Waals surface area contributed by atoms with Gasteiger partial charge in [-0.3, -0.25) is 9.89 Å². The molecule has 0 unspecified atom stereocenters. The van der Waals surface area contributed by atoms with Crippen LogP contribution in [0.5, 0.6) is 5.75 Å². The molecule has 2 aliphatic rings. The Balaban J connectivity index is 1.32. The molecule has 1 aromatic carbocycles. The lowest BCUT2D eigenvalue weighted by Crippen LogP contribution is -2.61. The molecule has 1 fully saturated rings. The SMILES string of the molecule is COc1ccc(S(=O)(=O)N2CC(NC(=O)[C@H]3CCc4cn[nH]c4C3)C2)cc1. The Bertz CT molecular complexity index is 933. The van der Waals surface area contributed by atoms with Crippen molar-refractivity contribution >= 4 is 15.9 Å². The summed E-state index contributed by atoms with van der Waals surface area (Å²) in [4.78, 5) is 12.7. The lowest BCUT2D eigenvalue weighted by atomic mass is 9.87. The van der Waals surface area contributed by atoms with Crippen molar-refractivity contribution in [3.8, 4) is 5.75 Å². The zero-order valence-corrected chi connectivity index (χ0v) is 15.8. The second kappa shape index (κ2) is 6.97. The summed E-state index contributed by atoms with van der Waals surface area (Å²) in [5.41, 5.74) is 2.21. The summed E-state index contributed by atoms with van der Waals surface area (Å²) in [5, 5.41) is 9.96. The first-order chi connectivity index (χ1) is 13.0. The third-order valence-electron chi connectivity index (χ3n) is 5.28. The van der Waals surface area contributed by atoms with E-state index in [-0.39, 0.29) is 22.8 Å². The van der Waals surface area contributed by atoms with E-state index in [1.165, 1.54) is 29.1 Å². The molecule has 144 valence electrons. The first-order valence-corrected chi connectivity index (χ1v) is 10.4. The maximum absolute atomic E-state index is 12.6. The standard InChI is InChI=1S/C18H22N4O4S/c1-26-15-4-6-16(7-5-15)27(24,25)22-10-14(11-22)20-18(23)12-2-3-13-9-19-21-17(13)8-12/h4-7,9,12,14H,2-3,8,10-11H2,1H3,(H,19,21)(H,20,23)/t12-/m0/s1. The van der Waals surface area contributed by atoms with Crippen LogP contribution in [0.15, 0.2) is 35.4 Å². The van der Waals surface area contributed by atoms with E-state index in [0.29, 0.717) is 25.3 Å². The lowest BCUT2D eigenvalue weighted by molar-refractivity contribution is -0.126. The molecule has 1 aliphatic heterocycles. The normalized spacial score (nSPS) is 20.6. The number of carbonyl (C=O) groups excluding carboxylic acids is 1. The molecule has 1 saturated heterocycles. The lowest BCUT2D eigenvalue weighted by Gasteiger charge is -2.39. The number of aromatic amines is 1. The van der Waals surface area contributed by atoms with Crippen molar-refractivity contribution in [2.24, 2.45) is 5.92 Å². The average Bonchev–Trinajstić information content (AvgIpc) is 3.11. The highest BCUT2D eigenvalue weighted by Crippen LogP contribution is 2.26. The van der Waals surface area contributed by atoms with E-state index in [1.54, 1.807) is 12.1 Å². The van der Waals surface area contributed by atoms with Crippen molar-refractivity contribution in [1.29, 1.82) is 0 Å². The molecule has 0 spiro atoms. The van der Waals surface area contributed by atoms with Gasteiger partial charge < -0.3 is 10.1 Å². The number of ether oxygens (including phenoxy) is 1. The fourth-order valence-corrected chi connectivity index (χ4v) is 5.10. The van der Waals surface area contributed by atoms with Crippen LogP contribution in [0.3, 0.4) is 0 Å². The van der Waals surface area contributed by atoms with Gasteiger partial charge in [0.25, 0.3) is 0 Å². The number of carbonyl (C=O) groups is 1. The smallest absolute Gasteiger partial charge is 0.243 e. The van der Waals surface area contributed by atoms with Crippen molar-refractivity contribution in [1.82, 2.24) is 19.8 Å². The van der Waals surface area contributed by atoms with Gasteiger partial charge in [0.2, 0.25) is 15.9 Å². The minimum Gasteiger partial charge on any atom is -0.497 e. The van der Waals surface area contributed by atoms with E-state index in [9.17, 15) is 13.2 Å². The summed E-state index contributed by atoms with van der Waals surface area (Å²) in [6.07, 6.45) is 4.10. The molecule has 4 rings (SSSR count). The van der Waals surface area contributed by atoms with Crippen molar-refractivity contribution in [2.75, 3.05) is 20.2 Å². The molecule has 9 heteroatoms. The number of hydrogen-bond acceptors (Lipinski definition) is 5. The Morgan fingerprint density at radius 3 is 2.74 bits per heavy atom. The third kappa shape index (κ3) is 3.44. The minimum atomic E-state index is -3.54. The molecule has 1 atom stereocenters. The number of sulfonamides is 1. The van der Waals surface area contributed by atoms with Gasteiger partial charge in [-0.2, -0.15) is 9.40 Å². The van der Waals surface area contributed by atoms with Crippen LogP contribution in [0.1, 0.15) is 17.7 Å². The number of aryl methyl sites for hydroxylation is 1. The maximum Gasteiger partial charge on any atom is 0.243 e. The van der Waals surface area contributed by atoms with Gasteiger partial charge in [-0.15, -0.1) is 0 Å². The predicted molar refractivity (Wildman–Crippen MR) is 97.8 cm³/mol. The van der Waals surface area contributed by atoms with Crippen LogP contribution >= 0.6 is 0 Å². The minimum absolute atomic E-state index is 0.0123. The van der Waals surface area contributed by atoms with Crippen LogP contribution in [0.25, 0.3) is 0 Å². The number of rotatable bonds is 5. The zero-order valence-electron chi connectivity index (χ0n) is 15.0. The van der Waals surface area contributed by atoms with Crippen LogP contribution in [0.4, 0.5) is 0 Å². The van der Waals surface area contributed by atoms with Crippen LogP contribution < -0.4 is 10.1 Å². The van der Waals surface area contributed by atoms with E-state index < -0.39 is 10.0 Å². The molecular formula is C18H22N4O4S. The summed E-state index contributed by atoms with van der Waals surface area (Å²) in [5.74, 6) is 0.502. The second-order valence-corrected chi connectivity index (χ2v) is 8.95. The largest absolute Gasteiger partial charge is 0.497 e. The van der Waals surface area contributed by atoms with E-state index in [0.717, 1.165) is 18.5 Å². The van der Waals surface area contributed by atoms with Gasteiger partial charge >= 0.3 is 0 Å². The number of amides is 1. The summed E-state index contributed by atoms with van der Waals surface area (Å²) in [6, 6.07) is 6.17. The number of hydrogen-bond donors (Lipinski definition) is 2. The van der Waals surface area contributed by atoms with E-state index >= 15 is 0 Å². The van der Waals surface area contributed by atoms with Gasteiger partial charge in [0, 0.05) is 31.1 Å². The molecule has 0 radical (unpaired) electrons. The fraction of sp³-hybridized carbons (Fsp3) is 0.444. The Hall–Kier alpha value is -2.39. The summed E-state index contributed by atoms with van der Waals surface area (Å²) >= 11 is 0. The Kier molecular flexibility index (Phi) is 4.65. The number of nitrogens with zero attached hydrogens (tertiary/aromatic N) is 2. The highest BCUT2D eigenvalue weighted by Gasteiger charge is 2.38. The molecule has 2 aromatic rings. The van der Waals surface area contributed by atoms with Gasteiger partial charge in [-0.1, -0.05) is 0 Å². The molecule has 0 bridgehead atoms. The van der Waals surface area contributed by atoms with Gasteiger partial charge in [-0.05, 0) is 42.7 Å². The highest BCUT2D eigenvalue weighted by atomic mass is 32.2.